The van der Waals surface area contributed by atoms with Gasteiger partial charge in [0.25, 0.3) is 0 Å². The first kappa shape index (κ1) is 12.2. The van der Waals surface area contributed by atoms with Crippen molar-refractivity contribution < 1.29 is 18.3 Å². The Labute approximate surface area is 96.7 Å². The minimum Gasteiger partial charge on any atom is -0.388 e. The van der Waals surface area contributed by atoms with E-state index in [1.165, 1.54) is 6.07 Å². The largest absolute Gasteiger partial charge is 0.417 e. The van der Waals surface area contributed by atoms with Crippen LogP contribution in [0.4, 0.5) is 19.0 Å². The number of nitrogens with zero attached hydrogens (tertiary/aromatic N) is 1. The van der Waals surface area contributed by atoms with Crippen molar-refractivity contribution in [2.24, 2.45) is 0 Å². The van der Waals surface area contributed by atoms with Gasteiger partial charge in [-0.3, -0.25) is 0 Å². The van der Waals surface area contributed by atoms with Crippen LogP contribution < -0.4 is 5.32 Å². The van der Waals surface area contributed by atoms with Crippen molar-refractivity contribution in [2.75, 3.05) is 11.9 Å². The quantitative estimate of drug-likeness (QED) is 0.861. The van der Waals surface area contributed by atoms with Crippen LogP contribution >= 0.6 is 0 Å². The van der Waals surface area contributed by atoms with E-state index in [4.69, 9.17) is 0 Å². The predicted octanol–water partition coefficient (Wildman–Crippen LogP) is 2.43. The van der Waals surface area contributed by atoms with E-state index in [0.717, 1.165) is 31.5 Å². The minimum absolute atomic E-state index is 0.325. The molecule has 1 saturated carbocycles. The van der Waals surface area contributed by atoms with Crippen LogP contribution in [-0.2, 0) is 6.18 Å². The Morgan fingerprint density at radius 1 is 1.35 bits per heavy atom. The lowest BCUT2D eigenvalue weighted by molar-refractivity contribution is -0.137. The van der Waals surface area contributed by atoms with E-state index in [1.807, 2.05) is 0 Å². The predicted molar refractivity (Wildman–Crippen MR) is 56.5 cm³/mol. The van der Waals surface area contributed by atoms with E-state index < -0.39 is 17.3 Å². The molecule has 1 heterocycles. The maximum atomic E-state index is 12.3. The fourth-order valence-electron chi connectivity index (χ4n) is 1.68. The van der Waals surface area contributed by atoms with Crippen molar-refractivity contribution in [2.45, 2.75) is 31.0 Å². The van der Waals surface area contributed by atoms with Crippen LogP contribution in [0.15, 0.2) is 18.3 Å². The number of pyridine rings is 1. The van der Waals surface area contributed by atoms with Crippen molar-refractivity contribution in [1.82, 2.24) is 4.98 Å². The summed E-state index contributed by atoms with van der Waals surface area (Å²) < 4.78 is 36.8. The maximum absolute atomic E-state index is 12.3. The summed E-state index contributed by atoms with van der Waals surface area (Å²) in [5, 5.41) is 12.6. The summed E-state index contributed by atoms with van der Waals surface area (Å²) in [6.45, 7) is 0.325. The van der Waals surface area contributed by atoms with Crippen molar-refractivity contribution in [3.8, 4) is 0 Å². The summed E-state index contributed by atoms with van der Waals surface area (Å²) in [5.41, 5.74) is -1.49. The number of nitrogens with one attached hydrogen (secondary N) is 1. The third-order valence-corrected chi connectivity index (χ3v) is 2.97. The summed E-state index contributed by atoms with van der Waals surface area (Å²) >= 11 is 0. The average Bonchev–Trinajstić information content (AvgIpc) is 2.23. The molecule has 0 radical (unpaired) electrons. The molecule has 1 fully saturated rings. The highest BCUT2D eigenvalue weighted by atomic mass is 19.4. The van der Waals surface area contributed by atoms with E-state index in [0.29, 0.717) is 12.4 Å². The van der Waals surface area contributed by atoms with Gasteiger partial charge in [-0.1, -0.05) is 0 Å². The molecule has 0 aromatic carbocycles. The Morgan fingerprint density at radius 2 is 2.06 bits per heavy atom. The Balaban J connectivity index is 1.94. The van der Waals surface area contributed by atoms with Gasteiger partial charge in [0.1, 0.15) is 5.82 Å². The molecule has 0 amide bonds. The maximum Gasteiger partial charge on any atom is 0.417 e. The molecule has 1 aliphatic carbocycles. The zero-order valence-corrected chi connectivity index (χ0v) is 9.09. The first-order valence-electron chi connectivity index (χ1n) is 5.39. The number of aliphatic hydroxyl groups is 1. The van der Waals surface area contributed by atoms with Gasteiger partial charge in [-0.05, 0) is 31.4 Å². The van der Waals surface area contributed by atoms with Crippen LogP contribution in [0.1, 0.15) is 24.8 Å². The highest BCUT2D eigenvalue weighted by molar-refractivity contribution is 5.36. The monoisotopic (exact) mass is 246 g/mol. The number of rotatable bonds is 3. The minimum atomic E-state index is -4.36. The van der Waals surface area contributed by atoms with Crippen molar-refractivity contribution in [1.29, 1.82) is 0 Å². The van der Waals surface area contributed by atoms with Gasteiger partial charge in [0, 0.05) is 12.7 Å². The first-order chi connectivity index (χ1) is 7.89. The summed E-state index contributed by atoms with van der Waals surface area (Å²) in [6.07, 6.45) is -1.15. The first-order valence-corrected chi connectivity index (χ1v) is 5.39. The molecule has 1 aromatic rings. The van der Waals surface area contributed by atoms with Crippen molar-refractivity contribution in [3.63, 3.8) is 0 Å². The van der Waals surface area contributed by atoms with Gasteiger partial charge in [-0.2, -0.15) is 13.2 Å². The zero-order chi connectivity index (χ0) is 12.5. The van der Waals surface area contributed by atoms with Crippen molar-refractivity contribution in [3.05, 3.63) is 23.9 Å². The highest BCUT2D eigenvalue weighted by Crippen LogP contribution is 2.32. The van der Waals surface area contributed by atoms with Gasteiger partial charge in [-0.25, -0.2) is 4.98 Å². The molecule has 0 atom stereocenters. The molecule has 17 heavy (non-hydrogen) atoms. The molecule has 2 N–H and O–H groups in total. The lowest BCUT2D eigenvalue weighted by Gasteiger charge is -2.36. The lowest BCUT2D eigenvalue weighted by atomic mass is 9.80. The van der Waals surface area contributed by atoms with Crippen LogP contribution in [0.2, 0.25) is 0 Å². The van der Waals surface area contributed by atoms with E-state index >= 15 is 0 Å². The number of aromatic nitrogens is 1. The van der Waals surface area contributed by atoms with Crippen LogP contribution in [0, 0.1) is 0 Å². The molecule has 1 aromatic heterocycles. The second kappa shape index (κ2) is 4.18. The SMILES string of the molecule is OC1(CNc2ccc(C(F)(F)F)cn2)CCC1. The number of alkyl halides is 3. The smallest absolute Gasteiger partial charge is 0.388 e. The van der Waals surface area contributed by atoms with E-state index in [9.17, 15) is 18.3 Å². The fraction of sp³-hybridized carbons (Fsp3) is 0.545. The summed E-state index contributed by atoms with van der Waals surface area (Å²) in [4.78, 5) is 3.66. The van der Waals surface area contributed by atoms with Crippen LogP contribution in [0.3, 0.4) is 0 Å². The molecular weight excluding hydrogens is 233 g/mol. The van der Waals surface area contributed by atoms with E-state index in [1.54, 1.807) is 0 Å². The Hall–Kier alpha value is -1.30. The molecule has 1 aliphatic rings. The normalized spacial score (nSPS) is 18.6. The highest BCUT2D eigenvalue weighted by Gasteiger charge is 2.34. The van der Waals surface area contributed by atoms with E-state index in [-0.39, 0.29) is 0 Å². The van der Waals surface area contributed by atoms with Gasteiger partial charge in [0.2, 0.25) is 0 Å². The molecule has 0 unspecified atom stereocenters. The van der Waals surface area contributed by atoms with Gasteiger partial charge in [0.05, 0.1) is 11.2 Å². The van der Waals surface area contributed by atoms with Gasteiger partial charge in [-0.15, -0.1) is 0 Å². The molecular formula is C11H13F3N2O. The van der Waals surface area contributed by atoms with Crippen LogP contribution in [-0.4, -0.2) is 22.2 Å². The zero-order valence-electron chi connectivity index (χ0n) is 9.09. The Bertz CT molecular complexity index is 385. The molecule has 0 bridgehead atoms. The number of halogens is 3. The molecule has 2 rings (SSSR count). The molecule has 3 nitrogen and oxygen atoms in total. The third kappa shape index (κ3) is 2.88. The second-order valence-corrected chi connectivity index (χ2v) is 4.36. The Morgan fingerprint density at radius 3 is 2.47 bits per heavy atom. The lowest BCUT2D eigenvalue weighted by Crippen LogP contribution is -2.43. The van der Waals surface area contributed by atoms with E-state index in [2.05, 4.69) is 10.3 Å². The molecule has 6 heteroatoms. The standard InChI is InChI=1S/C11H13F3N2O/c12-11(13,14)8-2-3-9(15-6-8)16-7-10(17)4-1-5-10/h2-3,6,17H,1,4-5,7H2,(H,15,16). The molecule has 0 aliphatic heterocycles. The summed E-state index contributed by atoms with van der Waals surface area (Å²) in [6, 6.07) is 2.24. The summed E-state index contributed by atoms with van der Waals surface area (Å²) in [5.74, 6) is 0.346. The Kier molecular flexibility index (Phi) is 2.99. The van der Waals surface area contributed by atoms with Crippen LogP contribution in [0.5, 0.6) is 0 Å². The average molecular weight is 246 g/mol. The van der Waals surface area contributed by atoms with Gasteiger partial charge in [0.15, 0.2) is 0 Å². The number of anilines is 1. The number of hydrogen-bond donors (Lipinski definition) is 2. The number of hydrogen-bond acceptors (Lipinski definition) is 3. The van der Waals surface area contributed by atoms with Crippen LogP contribution in [0.25, 0.3) is 0 Å². The molecule has 0 spiro atoms. The molecule has 0 saturated heterocycles. The van der Waals surface area contributed by atoms with Gasteiger partial charge < -0.3 is 10.4 Å². The second-order valence-electron chi connectivity index (χ2n) is 4.36. The van der Waals surface area contributed by atoms with Gasteiger partial charge >= 0.3 is 6.18 Å². The fourth-order valence-corrected chi connectivity index (χ4v) is 1.68. The topological polar surface area (TPSA) is 45.1 Å². The van der Waals surface area contributed by atoms with Crippen molar-refractivity contribution >= 4 is 5.82 Å². The summed E-state index contributed by atoms with van der Waals surface area (Å²) in [7, 11) is 0. The molecule has 94 valence electrons. The third-order valence-electron chi connectivity index (χ3n) is 2.97.